The third-order valence-electron chi connectivity index (χ3n) is 5.69. The highest BCUT2D eigenvalue weighted by Crippen LogP contribution is 2.33. The summed E-state index contributed by atoms with van der Waals surface area (Å²) in [6, 6.07) is 20.8. The fraction of sp³-hybridized carbons (Fsp3) is 0.222. The molecule has 0 aliphatic heterocycles. The Labute approximate surface area is 230 Å². The molecule has 1 N–H and O–H groups in total. The monoisotopic (exact) mass is 558 g/mol. The zero-order valence-corrected chi connectivity index (χ0v) is 23.1. The Hall–Kier alpha value is -2.51. The highest BCUT2D eigenvalue weighted by atomic mass is 35.5. The lowest BCUT2D eigenvalue weighted by Crippen LogP contribution is -2.28. The van der Waals surface area contributed by atoms with Crippen molar-refractivity contribution in [2.24, 2.45) is 0 Å². The molecule has 0 spiro atoms. The van der Waals surface area contributed by atoms with Crippen LogP contribution in [-0.4, -0.2) is 26.4 Å². The van der Waals surface area contributed by atoms with Crippen molar-refractivity contribution >= 4 is 52.5 Å². The highest BCUT2D eigenvalue weighted by molar-refractivity contribution is 7.99. The predicted molar refractivity (Wildman–Crippen MR) is 150 cm³/mol. The van der Waals surface area contributed by atoms with Crippen LogP contribution in [-0.2, 0) is 4.79 Å². The average Bonchev–Trinajstić information content (AvgIpc) is 3.28. The fourth-order valence-electron chi connectivity index (χ4n) is 3.82. The molecule has 1 heterocycles. The Morgan fingerprint density at radius 3 is 2.36 bits per heavy atom. The third-order valence-corrected chi connectivity index (χ3v) is 7.61. The van der Waals surface area contributed by atoms with Crippen LogP contribution in [0.25, 0.3) is 17.1 Å². The third kappa shape index (κ3) is 6.06. The van der Waals surface area contributed by atoms with Crippen LogP contribution in [0.5, 0.6) is 0 Å². The number of halogens is 3. The molecule has 1 atom stereocenters. The SMILES string of the molecule is CC(C)c1ccccc1-n1c(SCC(=O)N[C@@H](C)c2ccc(Cl)c(Cl)c2)nnc1-c1ccc(Cl)cc1. The number of para-hydroxylation sites is 1. The van der Waals surface area contributed by atoms with Gasteiger partial charge in [-0.1, -0.05) is 84.7 Å². The maximum absolute atomic E-state index is 12.8. The minimum Gasteiger partial charge on any atom is -0.349 e. The zero-order valence-electron chi connectivity index (χ0n) is 20.0. The summed E-state index contributed by atoms with van der Waals surface area (Å²) in [7, 11) is 0. The molecule has 0 saturated carbocycles. The van der Waals surface area contributed by atoms with Crippen molar-refractivity contribution in [1.29, 1.82) is 0 Å². The molecule has 0 aliphatic carbocycles. The number of nitrogens with zero attached hydrogens (tertiary/aromatic N) is 3. The number of hydrogen-bond donors (Lipinski definition) is 1. The molecule has 1 aromatic heterocycles. The number of thioether (sulfide) groups is 1. The first-order valence-electron chi connectivity index (χ1n) is 11.4. The van der Waals surface area contributed by atoms with Gasteiger partial charge in [0.15, 0.2) is 11.0 Å². The van der Waals surface area contributed by atoms with Gasteiger partial charge in [-0.15, -0.1) is 10.2 Å². The normalized spacial score (nSPS) is 12.1. The van der Waals surface area contributed by atoms with E-state index in [4.69, 9.17) is 34.8 Å². The molecule has 0 radical (unpaired) electrons. The summed E-state index contributed by atoms with van der Waals surface area (Å²) in [5.41, 5.74) is 3.90. The number of rotatable bonds is 8. The summed E-state index contributed by atoms with van der Waals surface area (Å²) in [5, 5.41) is 14.2. The molecule has 0 unspecified atom stereocenters. The second kappa shape index (κ2) is 11.7. The van der Waals surface area contributed by atoms with Crippen molar-refractivity contribution in [3.63, 3.8) is 0 Å². The molecular formula is C27H25Cl3N4OS. The Balaban J connectivity index is 1.60. The van der Waals surface area contributed by atoms with E-state index in [2.05, 4.69) is 41.5 Å². The van der Waals surface area contributed by atoms with E-state index in [0.29, 0.717) is 26.0 Å². The van der Waals surface area contributed by atoms with Gasteiger partial charge in [0, 0.05) is 10.6 Å². The molecule has 36 heavy (non-hydrogen) atoms. The molecular weight excluding hydrogens is 535 g/mol. The zero-order chi connectivity index (χ0) is 25.8. The van der Waals surface area contributed by atoms with Crippen molar-refractivity contribution in [2.75, 3.05) is 5.75 Å². The summed E-state index contributed by atoms with van der Waals surface area (Å²) in [5.74, 6) is 1.02. The molecule has 186 valence electrons. The molecule has 5 nitrogen and oxygen atoms in total. The Morgan fingerprint density at radius 2 is 1.67 bits per heavy atom. The van der Waals surface area contributed by atoms with Crippen molar-refractivity contribution < 1.29 is 4.79 Å². The van der Waals surface area contributed by atoms with Gasteiger partial charge in [-0.05, 0) is 66.4 Å². The lowest BCUT2D eigenvalue weighted by molar-refractivity contribution is -0.119. The van der Waals surface area contributed by atoms with Gasteiger partial charge in [0.2, 0.25) is 5.91 Å². The number of amides is 1. The summed E-state index contributed by atoms with van der Waals surface area (Å²) < 4.78 is 2.01. The van der Waals surface area contributed by atoms with Gasteiger partial charge in [0.05, 0.1) is 27.5 Å². The molecule has 0 bridgehead atoms. The lowest BCUT2D eigenvalue weighted by Gasteiger charge is -2.17. The molecule has 4 rings (SSSR count). The minimum atomic E-state index is -0.225. The second-order valence-corrected chi connectivity index (χ2v) is 10.8. The van der Waals surface area contributed by atoms with Gasteiger partial charge >= 0.3 is 0 Å². The van der Waals surface area contributed by atoms with Crippen LogP contribution in [0.2, 0.25) is 15.1 Å². The van der Waals surface area contributed by atoms with E-state index < -0.39 is 0 Å². The standard InChI is InChI=1S/C27H25Cl3N4OS/c1-16(2)21-6-4-5-7-24(21)34-26(18-8-11-20(28)12-9-18)32-33-27(34)36-15-25(35)31-17(3)19-10-13-22(29)23(30)14-19/h4-14,16-17H,15H2,1-3H3,(H,31,35)/t17-/m0/s1. The quantitative estimate of drug-likeness (QED) is 0.222. The predicted octanol–water partition coefficient (Wildman–Crippen LogP) is 7.99. The van der Waals surface area contributed by atoms with Gasteiger partial charge in [-0.2, -0.15) is 0 Å². The number of benzene rings is 3. The van der Waals surface area contributed by atoms with Gasteiger partial charge < -0.3 is 5.32 Å². The first-order valence-corrected chi connectivity index (χ1v) is 13.5. The maximum Gasteiger partial charge on any atom is 0.230 e. The molecule has 1 amide bonds. The van der Waals surface area contributed by atoms with Crippen molar-refractivity contribution in [2.45, 2.75) is 37.9 Å². The molecule has 0 aliphatic rings. The molecule has 3 aromatic carbocycles. The minimum absolute atomic E-state index is 0.127. The first-order chi connectivity index (χ1) is 17.2. The number of hydrogen-bond acceptors (Lipinski definition) is 4. The summed E-state index contributed by atoms with van der Waals surface area (Å²) in [6.07, 6.45) is 0. The van der Waals surface area contributed by atoms with Crippen LogP contribution in [0.3, 0.4) is 0 Å². The molecule has 9 heteroatoms. The summed E-state index contributed by atoms with van der Waals surface area (Å²) in [4.78, 5) is 12.8. The largest absolute Gasteiger partial charge is 0.349 e. The number of carbonyl (C=O) groups is 1. The van der Waals surface area contributed by atoms with E-state index in [-0.39, 0.29) is 23.6 Å². The smallest absolute Gasteiger partial charge is 0.230 e. The van der Waals surface area contributed by atoms with E-state index in [1.165, 1.54) is 11.8 Å². The second-order valence-electron chi connectivity index (χ2n) is 8.61. The first kappa shape index (κ1) is 26.6. The summed E-state index contributed by atoms with van der Waals surface area (Å²) >= 11 is 19.6. The van der Waals surface area contributed by atoms with Crippen LogP contribution < -0.4 is 5.32 Å². The van der Waals surface area contributed by atoms with E-state index in [1.54, 1.807) is 12.1 Å². The van der Waals surface area contributed by atoms with E-state index >= 15 is 0 Å². The topological polar surface area (TPSA) is 59.8 Å². The van der Waals surface area contributed by atoms with Gasteiger partial charge in [0.1, 0.15) is 0 Å². The van der Waals surface area contributed by atoms with Crippen LogP contribution in [0, 0.1) is 0 Å². The van der Waals surface area contributed by atoms with Crippen molar-refractivity contribution in [3.05, 3.63) is 92.9 Å². The van der Waals surface area contributed by atoms with Crippen LogP contribution >= 0.6 is 46.6 Å². The number of carbonyl (C=O) groups excluding carboxylic acids is 1. The van der Waals surface area contributed by atoms with Gasteiger partial charge in [0.25, 0.3) is 0 Å². The van der Waals surface area contributed by atoms with Crippen molar-refractivity contribution in [1.82, 2.24) is 20.1 Å². The van der Waals surface area contributed by atoms with Crippen LogP contribution in [0.15, 0.2) is 71.9 Å². The molecule has 0 fully saturated rings. The van der Waals surface area contributed by atoms with E-state index in [9.17, 15) is 4.79 Å². The van der Waals surface area contributed by atoms with Gasteiger partial charge in [-0.3, -0.25) is 9.36 Å². The number of aromatic nitrogens is 3. The Bertz CT molecular complexity index is 1370. The summed E-state index contributed by atoms with van der Waals surface area (Å²) in [6.45, 7) is 6.20. The Kier molecular flexibility index (Phi) is 8.62. The van der Waals surface area contributed by atoms with E-state index in [0.717, 1.165) is 22.4 Å². The highest BCUT2D eigenvalue weighted by Gasteiger charge is 2.21. The Morgan fingerprint density at radius 1 is 0.944 bits per heavy atom. The maximum atomic E-state index is 12.8. The van der Waals surface area contributed by atoms with Crippen molar-refractivity contribution in [3.8, 4) is 17.1 Å². The van der Waals surface area contributed by atoms with E-state index in [1.807, 2.05) is 54.0 Å². The van der Waals surface area contributed by atoms with Crippen LogP contribution in [0.1, 0.15) is 43.9 Å². The average molecular weight is 560 g/mol. The fourth-order valence-corrected chi connectivity index (χ4v) is 5.01. The molecule has 4 aromatic rings. The molecule has 0 saturated heterocycles. The van der Waals surface area contributed by atoms with Crippen LogP contribution in [0.4, 0.5) is 0 Å². The lowest BCUT2D eigenvalue weighted by atomic mass is 10.0. The number of nitrogens with one attached hydrogen (secondary N) is 1. The van der Waals surface area contributed by atoms with Gasteiger partial charge in [-0.25, -0.2) is 0 Å².